The van der Waals surface area contributed by atoms with E-state index < -0.39 is 0 Å². The molecule has 0 bridgehead atoms. The largest absolute Gasteiger partial charge is 0.316 e. The highest BCUT2D eigenvalue weighted by Gasteiger charge is 1.93. The highest BCUT2D eigenvalue weighted by Crippen LogP contribution is 2.01. The van der Waals surface area contributed by atoms with Crippen LogP contribution in [0.2, 0.25) is 0 Å². The molecule has 26 heavy (non-hydrogen) atoms. The first-order valence-corrected chi connectivity index (χ1v) is 8.22. The van der Waals surface area contributed by atoms with E-state index in [9.17, 15) is 9.59 Å². The Bertz CT molecular complexity index is 1060. The predicted molar refractivity (Wildman–Crippen MR) is 107 cm³/mol. The van der Waals surface area contributed by atoms with Crippen LogP contribution < -0.4 is 21.8 Å². The Morgan fingerprint density at radius 3 is 1.35 bits per heavy atom. The van der Waals surface area contributed by atoms with Gasteiger partial charge >= 0.3 is 0 Å². The number of hydrogen-bond donors (Lipinski definition) is 2. The van der Waals surface area contributed by atoms with Crippen LogP contribution in [0.25, 0.3) is 24.3 Å². The highest BCUT2D eigenvalue weighted by molar-refractivity contribution is 5.57. The fraction of sp³-hybridized carbons (Fsp3) is 0. The Morgan fingerprint density at radius 1 is 0.577 bits per heavy atom. The van der Waals surface area contributed by atoms with E-state index in [2.05, 4.69) is 9.97 Å². The van der Waals surface area contributed by atoms with E-state index >= 15 is 0 Å². The smallest absolute Gasteiger partial charge is 0.272 e. The summed E-state index contributed by atoms with van der Waals surface area (Å²) in [5.41, 5.74) is 1.33. The molecule has 0 atom stereocenters. The van der Waals surface area contributed by atoms with Crippen LogP contribution >= 0.6 is 0 Å². The van der Waals surface area contributed by atoms with Crippen molar-refractivity contribution in [1.82, 2.24) is 9.97 Å². The lowest BCUT2D eigenvalue weighted by Gasteiger charge is -1.90. The second-order valence-corrected chi connectivity index (χ2v) is 5.61. The molecular weight excluding hydrogens is 324 g/mol. The number of aromatic amines is 2. The monoisotopic (exact) mass is 342 g/mol. The van der Waals surface area contributed by atoms with Gasteiger partial charge in [-0.3, -0.25) is 9.59 Å². The Balaban J connectivity index is 1.87. The third-order valence-electron chi connectivity index (χ3n) is 3.69. The molecule has 0 amide bonds. The minimum atomic E-state index is -0.346. The van der Waals surface area contributed by atoms with Gasteiger partial charge < -0.3 is 9.97 Å². The van der Waals surface area contributed by atoms with Gasteiger partial charge in [0.2, 0.25) is 0 Å². The van der Waals surface area contributed by atoms with Crippen molar-refractivity contribution in [3.05, 3.63) is 115 Å². The van der Waals surface area contributed by atoms with Crippen molar-refractivity contribution in [2.75, 3.05) is 0 Å². The summed E-state index contributed by atoms with van der Waals surface area (Å²) in [5, 5.41) is 0.428. The number of nitrogens with one attached hydrogen (secondary N) is 2. The van der Waals surface area contributed by atoms with E-state index in [1.54, 1.807) is 24.3 Å². The standard InChI is InChI=1S/C22H18N2O2/c25-21-19(15-7-13-17-9-3-1-4-10-17)23-22(26)20(24-21)16-8-14-18-11-5-2-6-12-18/h1-16H,(H,23,26)(H,24,25)/b13-7+,14-8+,19-15+,20-16+. The van der Waals surface area contributed by atoms with Gasteiger partial charge in [0, 0.05) is 0 Å². The second kappa shape index (κ2) is 8.44. The lowest BCUT2D eigenvalue weighted by Crippen LogP contribution is -2.46. The van der Waals surface area contributed by atoms with E-state index in [1.165, 1.54) is 0 Å². The molecule has 1 heterocycles. The van der Waals surface area contributed by atoms with Gasteiger partial charge in [0.25, 0.3) is 11.1 Å². The van der Waals surface area contributed by atoms with Gasteiger partial charge in [-0.2, -0.15) is 0 Å². The van der Waals surface area contributed by atoms with Gasteiger partial charge in [-0.25, -0.2) is 0 Å². The van der Waals surface area contributed by atoms with E-state index in [-0.39, 0.29) is 21.8 Å². The number of allylic oxidation sites excluding steroid dienone is 2. The van der Waals surface area contributed by atoms with Crippen molar-refractivity contribution in [2.24, 2.45) is 0 Å². The van der Waals surface area contributed by atoms with Crippen LogP contribution in [0.3, 0.4) is 0 Å². The first kappa shape index (κ1) is 17.2. The summed E-state index contributed by atoms with van der Waals surface area (Å²) in [6.45, 7) is 0. The van der Waals surface area contributed by atoms with Crippen LogP contribution in [-0.4, -0.2) is 9.97 Å². The third-order valence-corrected chi connectivity index (χ3v) is 3.69. The summed E-state index contributed by atoms with van der Waals surface area (Å²) in [4.78, 5) is 29.5. The summed E-state index contributed by atoms with van der Waals surface area (Å²) in [6, 6.07) is 19.4. The highest BCUT2D eigenvalue weighted by atomic mass is 16.1. The zero-order valence-corrected chi connectivity index (χ0v) is 14.1. The Morgan fingerprint density at radius 2 is 0.962 bits per heavy atom. The van der Waals surface area contributed by atoms with Gasteiger partial charge in [0.15, 0.2) is 0 Å². The molecule has 0 radical (unpaired) electrons. The average Bonchev–Trinajstić information content (AvgIpc) is 2.67. The van der Waals surface area contributed by atoms with E-state index in [0.717, 1.165) is 11.1 Å². The van der Waals surface area contributed by atoms with Crippen molar-refractivity contribution in [3.63, 3.8) is 0 Å². The molecule has 3 aromatic rings. The van der Waals surface area contributed by atoms with Crippen molar-refractivity contribution in [2.45, 2.75) is 0 Å². The third kappa shape index (κ3) is 4.68. The summed E-state index contributed by atoms with van der Waals surface area (Å²) in [7, 11) is 0. The molecule has 3 rings (SSSR count). The lowest BCUT2D eigenvalue weighted by molar-refractivity contribution is 1.00. The molecule has 0 aliphatic heterocycles. The molecular formula is C22H18N2O2. The van der Waals surface area contributed by atoms with Crippen LogP contribution in [0.5, 0.6) is 0 Å². The first-order valence-electron chi connectivity index (χ1n) is 8.22. The molecule has 1 aromatic heterocycles. The second-order valence-electron chi connectivity index (χ2n) is 5.61. The Labute approximate surface area is 150 Å². The van der Waals surface area contributed by atoms with E-state index in [4.69, 9.17) is 0 Å². The van der Waals surface area contributed by atoms with Crippen LogP contribution in [0, 0.1) is 0 Å². The fourth-order valence-corrected chi connectivity index (χ4v) is 2.37. The van der Waals surface area contributed by atoms with E-state index in [1.807, 2.05) is 72.8 Å². The molecule has 128 valence electrons. The van der Waals surface area contributed by atoms with E-state index in [0.29, 0.717) is 0 Å². The van der Waals surface area contributed by atoms with Gasteiger partial charge in [-0.05, 0) is 23.3 Å². The minimum Gasteiger partial charge on any atom is -0.316 e. The van der Waals surface area contributed by atoms with Crippen LogP contribution in [0.4, 0.5) is 0 Å². The maximum atomic E-state index is 12.1. The summed E-state index contributed by atoms with van der Waals surface area (Å²) in [5.74, 6) is 0. The molecule has 0 saturated carbocycles. The zero-order chi connectivity index (χ0) is 18.2. The quantitative estimate of drug-likeness (QED) is 0.762. The van der Waals surface area contributed by atoms with Gasteiger partial charge in [-0.1, -0.05) is 85.0 Å². The Kier molecular flexibility index (Phi) is 5.58. The van der Waals surface area contributed by atoms with Gasteiger partial charge in [0.1, 0.15) is 10.7 Å². The summed E-state index contributed by atoms with van der Waals surface area (Å²) >= 11 is 0. The number of aromatic nitrogens is 2. The Hall–Kier alpha value is -3.66. The SMILES string of the molecule is O=c1[nH]/c(=C/C=C/c2ccccc2)c(=O)[nH]/c1=C/C=C/c1ccccc1. The molecule has 0 spiro atoms. The first-order chi connectivity index (χ1) is 12.7. The molecule has 2 aromatic carbocycles. The minimum absolute atomic E-state index is 0.214. The van der Waals surface area contributed by atoms with Crippen molar-refractivity contribution in [3.8, 4) is 0 Å². The van der Waals surface area contributed by atoms with Gasteiger partial charge in [-0.15, -0.1) is 0 Å². The van der Waals surface area contributed by atoms with Crippen molar-refractivity contribution < 1.29 is 0 Å². The normalized spacial score (nSPS) is 13.1. The maximum absolute atomic E-state index is 12.1. The van der Waals surface area contributed by atoms with Crippen LogP contribution in [0.15, 0.2) is 82.4 Å². The zero-order valence-electron chi connectivity index (χ0n) is 14.1. The topological polar surface area (TPSA) is 65.7 Å². The average molecular weight is 342 g/mol. The molecule has 4 heteroatoms. The summed E-state index contributed by atoms with van der Waals surface area (Å²) < 4.78 is 0. The van der Waals surface area contributed by atoms with Gasteiger partial charge in [0.05, 0.1) is 0 Å². The van der Waals surface area contributed by atoms with Crippen LogP contribution in [0.1, 0.15) is 11.1 Å². The molecule has 0 aliphatic carbocycles. The molecule has 0 unspecified atom stereocenters. The number of benzene rings is 2. The predicted octanol–water partition coefficient (Wildman–Crippen LogP) is 2.05. The molecule has 2 N–H and O–H groups in total. The molecule has 0 saturated heterocycles. The van der Waals surface area contributed by atoms with Crippen molar-refractivity contribution >= 4 is 24.3 Å². The fourth-order valence-electron chi connectivity index (χ4n) is 2.37. The lowest BCUT2D eigenvalue weighted by atomic mass is 10.2. The van der Waals surface area contributed by atoms with Crippen LogP contribution in [-0.2, 0) is 0 Å². The number of H-pyrrole nitrogens is 2. The maximum Gasteiger partial charge on any atom is 0.272 e. The molecule has 4 nitrogen and oxygen atoms in total. The molecule has 0 aliphatic rings. The number of rotatable bonds is 4. The molecule has 0 fully saturated rings. The number of hydrogen-bond acceptors (Lipinski definition) is 2. The summed E-state index contributed by atoms with van der Waals surface area (Å²) in [6.07, 6.45) is 10.3. The van der Waals surface area contributed by atoms with Crippen molar-refractivity contribution in [1.29, 1.82) is 0 Å².